The van der Waals surface area contributed by atoms with E-state index in [1.807, 2.05) is 0 Å². The number of hydrogen-bond donors (Lipinski definition) is 2. The van der Waals surface area contributed by atoms with Crippen LogP contribution in [0.4, 0.5) is 0 Å². The lowest BCUT2D eigenvalue weighted by atomic mass is 10.2. The molecule has 1 unspecified atom stereocenters. The second-order valence-electron chi connectivity index (χ2n) is 4.30. The molecule has 0 saturated carbocycles. The number of carbonyl (C=O) groups is 1. The highest BCUT2D eigenvalue weighted by molar-refractivity contribution is 7.89. The van der Waals surface area contributed by atoms with Crippen molar-refractivity contribution < 1.29 is 13.2 Å². The van der Waals surface area contributed by atoms with Gasteiger partial charge >= 0.3 is 0 Å². The molecule has 0 spiro atoms. The fourth-order valence-electron chi connectivity index (χ4n) is 2.03. The van der Waals surface area contributed by atoms with Gasteiger partial charge < -0.3 is 10.6 Å². The van der Waals surface area contributed by atoms with Gasteiger partial charge in [-0.3, -0.25) is 9.48 Å². The number of likely N-dealkylation sites (N-methyl/N-ethyl adjacent to an activating group) is 1. The average Bonchev–Trinajstić information content (AvgIpc) is 2.85. The van der Waals surface area contributed by atoms with Gasteiger partial charge in [0.25, 0.3) is 0 Å². The zero-order valence-electron chi connectivity index (χ0n) is 10.8. The number of aromatic nitrogens is 2. The first kappa shape index (κ1) is 14.0. The van der Waals surface area contributed by atoms with Gasteiger partial charge in [0, 0.05) is 39.9 Å². The molecule has 2 rings (SSSR count). The van der Waals surface area contributed by atoms with Gasteiger partial charge in [-0.15, -0.1) is 0 Å². The molecule has 1 aromatic heterocycles. The van der Waals surface area contributed by atoms with Crippen LogP contribution in [0.2, 0.25) is 0 Å². The standard InChI is InChI=1S/C10H17N5O3S/c1-11-10(16)9-6-12-3-4-15(9)19(17,18)8-5-13-14(2)7-8/h5,7,9,12H,3-4,6H2,1-2H3,(H,11,16). The number of nitrogens with zero attached hydrogens (tertiary/aromatic N) is 3. The van der Waals surface area contributed by atoms with Crippen molar-refractivity contribution >= 4 is 15.9 Å². The Kier molecular flexibility index (Phi) is 3.88. The summed E-state index contributed by atoms with van der Waals surface area (Å²) in [5, 5.41) is 9.37. The summed E-state index contributed by atoms with van der Waals surface area (Å²) < 4.78 is 27.6. The van der Waals surface area contributed by atoms with E-state index in [0.29, 0.717) is 13.1 Å². The first-order valence-corrected chi connectivity index (χ1v) is 7.33. The third-order valence-electron chi connectivity index (χ3n) is 3.03. The van der Waals surface area contributed by atoms with Crippen LogP contribution in [0.1, 0.15) is 0 Å². The number of aryl methyl sites for hydroxylation is 1. The van der Waals surface area contributed by atoms with E-state index in [9.17, 15) is 13.2 Å². The SMILES string of the molecule is CNC(=O)C1CNCCN1S(=O)(=O)c1cnn(C)c1. The summed E-state index contributed by atoms with van der Waals surface area (Å²) in [4.78, 5) is 11.9. The van der Waals surface area contributed by atoms with E-state index in [2.05, 4.69) is 15.7 Å². The average molecular weight is 287 g/mol. The number of sulfonamides is 1. The lowest BCUT2D eigenvalue weighted by Crippen LogP contribution is -2.59. The quantitative estimate of drug-likeness (QED) is 0.679. The highest BCUT2D eigenvalue weighted by atomic mass is 32.2. The molecule has 2 heterocycles. The van der Waals surface area contributed by atoms with Gasteiger partial charge in [-0.05, 0) is 0 Å². The summed E-state index contributed by atoms with van der Waals surface area (Å²) in [5.41, 5.74) is 0. The molecule has 0 bridgehead atoms. The van der Waals surface area contributed by atoms with Crippen LogP contribution < -0.4 is 10.6 Å². The second kappa shape index (κ2) is 5.27. The summed E-state index contributed by atoms with van der Waals surface area (Å²) in [6.07, 6.45) is 2.72. The van der Waals surface area contributed by atoms with E-state index >= 15 is 0 Å². The minimum absolute atomic E-state index is 0.103. The monoisotopic (exact) mass is 287 g/mol. The fraction of sp³-hybridized carbons (Fsp3) is 0.600. The van der Waals surface area contributed by atoms with Crippen LogP contribution in [0.15, 0.2) is 17.3 Å². The molecule has 0 aliphatic carbocycles. The molecule has 1 amide bonds. The van der Waals surface area contributed by atoms with Crippen molar-refractivity contribution in [3.05, 3.63) is 12.4 Å². The molecule has 9 heteroatoms. The van der Waals surface area contributed by atoms with E-state index < -0.39 is 16.1 Å². The second-order valence-corrected chi connectivity index (χ2v) is 6.19. The van der Waals surface area contributed by atoms with Crippen molar-refractivity contribution in [2.45, 2.75) is 10.9 Å². The van der Waals surface area contributed by atoms with E-state index in [1.54, 1.807) is 7.05 Å². The van der Waals surface area contributed by atoms with Crippen LogP contribution in [0, 0.1) is 0 Å². The minimum atomic E-state index is -3.70. The van der Waals surface area contributed by atoms with Crippen LogP contribution >= 0.6 is 0 Å². The number of nitrogens with one attached hydrogen (secondary N) is 2. The minimum Gasteiger partial charge on any atom is -0.358 e. The Hall–Kier alpha value is -1.45. The molecule has 1 aromatic rings. The number of carbonyl (C=O) groups excluding carboxylic acids is 1. The van der Waals surface area contributed by atoms with Crippen molar-refractivity contribution in [2.24, 2.45) is 7.05 Å². The highest BCUT2D eigenvalue weighted by Crippen LogP contribution is 2.18. The molecular formula is C10H17N5O3S. The predicted molar refractivity (Wildman–Crippen MR) is 67.8 cm³/mol. The molecule has 0 radical (unpaired) electrons. The largest absolute Gasteiger partial charge is 0.358 e. The Morgan fingerprint density at radius 2 is 2.32 bits per heavy atom. The normalized spacial score (nSPS) is 21.3. The maximum atomic E-state index is 12.5. The summed E-state index contributed by atoms with van der Waals surface area (Å²) in [5.74, 6) is -0.320. The Bertz CT molecular complexity index is 567. The van der Waals surface area contributed by atoms with Gasteiger partial charge in [0.05, 0.1) is 6.20 Å². The first-order valence-electron chi connectivity index (χ1n) is 5.89. The van der Waals surface area contributed by atoms with Gasteiger partial charge in [0.2, 0.25) is 15.9 Å². The van der Waals surface area contributed by atoms with E-state index in [0.717, 1.165) is 0 Å². The number of amides is 1. The third kappa shape index (κ3) is 2.62. The molecule has 1 atom stereocenters. The molecule has 0 aromatic carbocycles. The van der Waals surface area contributed by atoms with Crippen molar-refractivity contribution in [3.63, 3.8) is 0 Å². The summed E-state index contributed by atoms with van der Waals surface area (Å²) in [6.45, 7) is 1.08. The van der Waals surface area contributed by atoms with E-state index in [-0.39, 0.29) is 17.3 Å². The van der Waals surface area contributed by atoms with Crippen LogP contribution in [0.5, 0.6) is 0 Å². The summed E-state index contributed by atoms with van der Waals surface area (Å²) in [7, 11) is -0.559. The topological polar surface area (TPSA) is 96.3 Å². The number of hydrogen-bond acceptors (Lipinski definition) is 5. The van der Waals surface area contributed by atoms with Gasteiger partial charge in [0.1, 0.15) is 10.9 Å². The molecule has 1 aliphatic rings. The number of rotatable bonds is 3. The molecule has 1 fully saturated rings. The van der Waals surface area contributed by atoms with E-state index in [4.69, 9.17) is 0 Å². The maximum absolute atomic E-state index is 12.5. The Morgan fingerprint density at radius 3 is 2.89 bits per heavy atom. The van der Waals surface area contributed by atoms with Crippen molar-refractivity contribution in [3.8, 4) is 0 Å². The summed E-state index contributed by atoms with van der Waals surface area (Å²) in [6, 6.07) is -0.732. The van der Waals surface area contributed by atoms with Crippen molar-refractivity contribution in [1.82, 2.24) is 24.7 Å². The van der Waals surface area contributed by atoms with E-state index in [1.165, 1.54) is 28.4 Å². The van der Waals surface area contributed by atoms with Gasteiger partial charge in [-0.1, -0.05) is 0 Å². The van der Waals surface area contributed by atoms with Gasteiger partial charge in [0.15, 0.2) is 0 Å². The molecule has 2 N–H and O–H groups in total. The van der Waals surface area contributed by atoms with Crippen LogP contribution in [-0.4, -0.2) is 61.1 Å². The molecule has 1 saturated heterocycles. The fourth-order valence-corrected chi connectivity index (χ4v) is 3.60. The lowest BCUT2D eigenvalue weighted by Gasteiger charge is -2.33. The Morgan fingerprint density at radius 1 is 1.58 bits per heavy atom. The summed E-state index contributed by atoms with van der Waals surface area (Å²) >= 11 is 0. The molecule has 8 nitrogen and oxygen atoms in total. The predicted octanol–water partition coefficient (Wildman–Crippen LogP) is -1.87. The van der Waals surface area contributed by atoms with Crippen molar-refractivity contribution in [1.29, 1.82) is 0 Å². The smallest absolute Gasteiger partial charge is 0.247 e. The van der Waals surface area contributed by atoms with Crippen LogP contribution in [0.25, 0.3) is 0 Å². The van der Waals surface area contributed by atoms with Crippen molar-refractivity contribution in [2.75, 3.05) is 26.7 Å². The third-order valence-corrected chi connectivity index (χ3v) is 4.89. The van der Waals surface area contributed by atoms with Gasteiger partial charge in [-0.2, -0.15) is 9.40 Å². The zero-order chi connectivity index (χ0) is 14.0. The van der Waals surface area contributed by atoms with Crippen LogP contribution in [0.3, 0.4) is 0 Å². The Balaban J connectivity index is 2.34. The van der Waals surface area contributed by atoms with Gasteiger partial charge in [-0.25, -0.2) is 8.42 Å². The number of piperazine rings is 1. The molecular weight excluding hydrogens is 270 g/mol. The first-order chi connectivity index (χ1) is 8.96. The molecule has 106 valence electrons. The molecule has 1 aliphatic heterocycles. The lowest BCUT2D eigenvalue weighted by molar-refractivity contribution is -0.124. The Labute approximate surface area is 111 Å². The highest BCUT2D eigenvalue weighted by Gasteiger charge is 2.37. The maximum Gasteiger partial charge on any atom is 0.247 e. The molecule has 19 heavy (non-hydrogen) atoms. The zero-order valence-corrected chi connectivity index (χ0v) is 11.6. The van der Waals surface area contributed by atoms with Crippen LogP contribution in [-0.2, 0) is 21.9 Å².